The van der Waals surface area contributed by atoms with Gasteiger partial charge in [-0.2, -0.15) is 0 Å². The van der Waals surface area contributed by atoms with E-state index in [1.165, 1.54) is 11.8 Å². The van der Waals surface area contributed by atoms with Crippen LogP contribution in [-0.2, 0) is 4.79 Å². The first kappa shape index (κ1) is 20.9. The Hall–Kier alpha value is -2.80. The lowest BCUT2D eigenvalue weighted by Crippen LogP contribution is -2.34. The minimum absolute atomic E-state index is 0.0127. The summed E-state index contributed by atoms with van der Waals surface area (Å²) in [7, 11) is 1.63. The number of benzene rings is 2. The van der Waals surface area contributed by atoms with Crippen LogP contribution in [-0.4, -0.2) is 33.4 Å². The van der Waals surface area contributed by atoms with Gasteiger partial charge in [0.25, 0.3) is 0 Å². The molecule has 1 aromatic heterocycles. The molecule has 3 aromatic rings. The normalized spacial score (nSPS) is 12.9. The van der Waals surface area contributed by atoms with E-state index in [2.05, 4.69) is 39.6 Å². The van der Waals surface area contributed by atoms with Crippen LogP contribution < -0.4 is 10.1 Å². The van der Waals surface area contributed by atoms with E-state index in [1.807, 2.05) is 49.4 Å². The number of carbonyl (C=O) groups is 1. The zero-order chi connectivity index (χ0) is 20.6. The lowest BCUT2D eigenvalue weighted by Gasteiger charge is -2.20. The van der Waals surface area contributed by atoms with Crippen LogP contribution in [0.4, 0.5) is 0 Å². The Morgan fingerprint density at radius 3 is 2.55 bits per heavy atom. The van der Waals surface area contributed by atoms with Gasteiger partial charge in [0.05, 0.1) is 18.4 Å². The summed E-state index contributed by atoms with van der Waals surface area (Å²) >= 11 is 1.34. The summed E-state index contributed by atoms with van der Waals surface area (Å²) < 4.78 is 5.18. The van der Waals surface area contributed by atoms with E-state index in [4.69, 9.17) is 4.74 Å². The molecule has 2 aromatic carbocycles. The molecule has 7 heteroatoms. The molecular formula is C22H26N4O2S. The van der Waals surface area contributed by atoms with Gasteiger partial charge < -0.3 is 10.1 Å². The molecule has 0 aliphatic carbocycles. The van der Waals surface area contributed by atoms with E-state index in [9.17, 15) is 4.79 Å². The molecule has 0 bridgehead atoms. The number of hydrogen-bond donors (Lipinski definition) is 2. The number of aromatic nitrogens is 3. The van der Waals surface area contributed by atoms with Crippen molar-refractivity contribution in [2.45, 2.75) is 43.1 Å². The summed E-state index contributed by atoms with van der Waals surface area (Å²) in [5.74, 6) is 1.43. The molecule has 0 radical (unpaired) electrons. The van der Waals surface area contributed by atoms with Gasteiger partial charge in [-0.1, -0.05) is 55.4 Å². The Labute approximate surface area is 175 Å². The number of amides is 1. The highest BCUT2D eigenvalue weighted by Gasteiger charge is 2.21. The fourth-order valence-corrected chi connectivity index (χ4v) is 3.71. The van der Waals surface area contributed by atoms with Gasteiger partial charge in [-0.05, 0) is 43.2 Å². The summed E-state index contributed by atoms with van der Waals surface area (Å²) in [5, 5.41) is 10.6. The second-order valence-corrected chi connectivity index (χ2v) is 8.02. The molecule has 0 unspecified atom stereocenters. The summed E-state index contributed by atoms with van der Waals surface area (Å²) in [6.07, 6.45) is 1.89. The van der Waals surface area contributed by atoms with E-state index in [0.717, 1.165) is 29.7 Å². The van der Waals surface area contributed by atoms with Gasteiger partial charge in [0.2, 0.25) is 11.1 Å². The molecule has 0 spiro atoms. The lowest BCUT2D eigenvalue weighted by atomic mass is 10.0. The van der Waals surface area contributed by atoms with Crippen LogP contribution in [0.1, 0.15) is 38.3 Å². The molecule has 29 heavy (non-hydrogen) atoms. The smallest absolute Gasteiger partial charge is 0.233 e. The Balaban J connectivity index is 1.62. The Morgan fingerprint density at radius 1 is 1.17 bits per heavy atom. The predicted octanol–water partition coefficient (Wildman–Crippen LogP) is 4.62. The lowest BCUT2D eigenvalue weighted by molar-refractivity contribution is -0.121. The number of ether oxygens (including phenoxy) is 1. The summed E-state index contributed by atoms with van der Waals surface area (Å²) in [4.78, 5) is 17.2. The predicted molar refractivity (Wildman–Crippen MR) is 116 cm³/mol. The Bertz CT molecular complexity index is 912. The average Bonchev–Trinajstić information content (AvgIpc) is 3.22. The van der Waals surface area contributed by atoms with Crippen molar-refractivity contribution in [1.29, 1.82) is 0 Å². The summed E-state index contributed by atoms with van der Waals surface area (Å²) in [5.41, 5.74) is 2.04. The van der Waals surface area contributed by atoms with Crippen molar-refractivity contribution in [1.82, 2.24) is 20.5 Å². The van der Waals surface area contributed by atoms with E-state index in [-0.39, 0.29) is 17.2 Å². The number of methoxy groups -OCH3 is 1. The monoisotopic (exact) mass is 410 g/mol. The van der Waals surface area contributed by atoms with E-state index < -0.39 is 0 Å². The Kier molecular flexibility index (Phi) is 7.30. The van der Waals surface area contributed by atoms with Crippen molar-refractivity contribution in [3.63, 3.8) is 0 Å². The van der Waals surface area contributed by atoms with Crippen molar-refractivity contribution in [3.8, 4) is 17.1 Å². The molecule has 2 atom stereocenters. The molecular weight excluding hydrogens is 384 g/mol. The third kappa shape index (κ3) is 5.60. The second-order valence-electron chi connectivity index (χ2n) is 6.72. The zero-order valence-electron chi connectivity index (χ0n) is 16.9. The molecule has 1 amide bonds. The van der Waals surface area contributed by atoms with Gasteiger partial charge in [-0.15, -0.1) is 5.10 Å². The number of rotatable bonds is 9. The van der Waals surface area contributed by atoms with Gasteiger partial charge in [-0.3, -0.25) is 9.89 Å². The van der Waals surface area contributed by atoms with Crippen LogP contribution in [0, 0.1) is 0 Å². The molecule has 1 heterocycles. The number of H-pyrrole nitrogens is 1. The largest absolute Gasteiger partial charge is 0.497 e. The van der Waals surface area contributed by atoms with E-state index in [0.29, 0.717) is 11.0 Å². The first-order chi connectivity index (χ1) is 14.1. The maximum absolute atomic E-state index is 12.7. The van der Waals surface area contributed by atoms with E-state index >= 15 is 0 Å². The standard InChI is InChI=1S/C22H26N4O2S/c1-4-8-19(16-9-6-5-7-10-16)23-21(27)15(2)29-22-24-20(25-26-22)17-11-13-18(28-3)14-12-17/h5-7,9-15,19H,4,8H2,1-3H3,(H,23,27)(H,24,25,26)/t15-,19+/m1/s1. The molecule has 2 N–H and O–H groups in total. The van der Waals surface area contributed by atoms with Crippen LogP contribution in [0.3, 0.4) is 0 Å². The van der Waals surface area contributed by atoms with Crippen LogP contribution in [0.5, 0.6) is 5.75 Å². The third-order valence-corrected chi connectivity index (χ3v) is 5.54. The molecule has 0 aliphatic rings. The second kappa shape index (κ2) is 10.1. The number of nitrogens with zero attached hydrogens (tertiary/aromatic N) is 2. The van der Waals surface area contributed by atoms with Gasteiger partial charge in [0, 0.05) is 5.56 Å². The van der Waals surface area contributed by atoms with Crippen molar-refractivity contribution < 1.29 is 9.53 Å². The quantitative estimate of drug-likeness (QED) is 0.503. The maximum Gasteiger partial charge on any atom is 0.233 e. The van der Waals surface area contributed by atoms with Gasteiger partial charge in [0.1, 0.15) is 5.75 Å². The highest BCUT2D eigenvalue weighted by Crippen LogP contribution is 2.25. The van der Waals surface area contributed by atoms with Crippen LogP contribution in [0.15, 0.2) is 59.8 Å². The average molecular weight is 411 g/mol. The summed E-state index contributed by atoms with van der Waals surface area (Å²) in [6.45, 7) is 3.99. The van der Waals surface area contributed by atoms with E-state index in [1.54, 1.807) is 7.11 Å². The fraction of sp³-hybridized carbons (Fsp3) is 0.318. The highest BCUT2D eigenvalue weighted by molar-refractivity contribution is 8.00. The van der Waals surface area contributed by atoms with Crippen molar-refractivity contribution in [3.05, 3.63) is 60.2 Å². The van der Waals surface area contributed by atoms with Crippen molar-refractivity contribution >= 4 is 17.7 Å². The molecule has 6 nitrogen and oxygen atoms in total. The molecule has 0 fully saturated rings. The minimum atomic E-state index is -0.308. The van der Waals surface area contributed by atoms with Crippen molar-refractivity contribution in [2.24, 2.45) is 0 Å². The first-order valence-electron chi connectivity index (χ1n) is 9.69. The summed E-state index contributed by atoms with van der Waals surface area (Å²) in [6, 6.07) is 17.7. The topological polar surface area (TPSA) is 79.9 Å². The molecule has 3 rings (SSSR count). The zero-order valence-corrected chi connectivity index (χ0v) is 17.7. The number of hydrogen-bond acceptors (Lipinski definition) is 5. The first-order valence-corrected chi connectivity index (χ1v) is 10.6. The van der Waals surface area contributed by atoms with Crippen LogP contribution in [0.25, 0.3) is 11.4 Å². The highest BCUT2D eigenvalue weighted by atomic mass is 32.2. The SMILES string of the molecule is CCC[C@H](NC(=O)[C@@H](C)Sc1n[nH]c(-c2ccc(OC)cc2)n1)c1ccccc1. The fourth-order valence-electron chi connectivity index (χ4n) is 2.97. The van der Waals surface area contributed by atoms with Gasteiger partial charge in [0.15, 0.2) is 5.82 Å². The number of aromatic amines is 1. The van der Waals surface area contributed by atoms with Crippen molar-refractivity contribution in [2.75, 3.05) is 7.11 Å². The Morgan fingerprint density at radius 2 is 1.90 bits per heavy atom. The number of thioether (sulfide) groups is 1. The maximum atomic E-state index is 12.7. The third-order valence-electron chi connectivity index (χ3n) is 4.58. The molecule has 0 saturated carbocycles. The minimum Gasteiger partial charge on any atom is -0.497 e. The number of carbonyl (C=O) groups excluding carboxylic acids is 1. The van der Waals surface area contributed by atoms with Crippen LogP contribution in [0.2, 0.25) is 0 Å². The molecule has 152 valence electrons. The molecule has 0 aliphatic heterocycles. The van der Waals surface area contributed by atoms with Gasteiger partial charge >= 0.3 is 0 Å². The van der Waals surface area contributed by atoms with Crippen LogP contribution >= 0.6 is 11.8 Å². The molecule has 0 saturated heterocycles. The number of nitrogens with one attached hydrogen (secondary N) is 2. The van der Waals surface area contributed by atoms with Gasteiger partial charge in [-0.25, -0.2) is 4.98 Å².